The summed E-state index contributed by atoms with van der Waals surface area (Å²) in [5.74, 6) is 0.470. The van der Waals surface area contributed by atoms with Crippen molar-refractivity contribution in [3.05, 3.63) is 29.8 Å². The number of carbonyl (C=O) groups excluding carboxylic acids is 1. The van der Waals surface area contributed by atoms with Gasteiger partial charge in [-0.25, -0.2) is 8.78 Å². The van der Waals surface area contributed by atoms with E-state index < -0.39 is 13.0 Å². The second-order valence-electron chi connectivity index (χ2n) is 4.33. The summed E-state index contributed by atoms with van der Waals surface area (Å²) in [5, 5.41) is 0. The van der Waals surface area contributed by atoms with Crippen LogP contribution in [-0.2, 0) is 4.74 Å². The van der Waals surface area contributed by atoms with Crippen LogP contribution in [0.4, 0.5) is 8.78 Å². The van der Waals surface area contributed by atoms with Gasteiger partial charge in [-0.3, -0.25) is 4.79 Å². The minimum atomic E-state index is -2.50. The van der Waals surface area contributed by atoms with Crippen LogP contribution in [0.5, 0.6) is 5.75 Å². The molecule has 3 nitrogen and oxygen atoms in total. The Morgan fingerprint density at radius 2 is 2.05 bits per heavy atom. The molecule has 106 valence electrons. The number of halogens is 2. The molecule has 1 rings (SSSR count). The average molecular weight is 272 g/mol. The summed E-state index contributed by atoms with van der Waals surface area (Å²) in [6.45, 7) is 3.15. The van der Waals surface area contributed by atoms with Crippen LogP contribution in [0, 0.1) is 0 Å². The van der Waals surface area contributed by atoms with E-state index in [9.17, 15) is 13.6 Å². The topological polar surface area (TPSA) is 35.5 Å². The van der Waals surface area contributed by atoms with Crippen LogP contribution in [0.15, 0.2) is 24.3 Å². The lowest BCUT2D eigenvalue weighted by atomic mass is 10.1. The van der Waals surface area contributed by atoms with Crippen LogP contribution in [0.3, 0.4) is 0 Å². The molecular formula is C14H18F2O3. The Morgan fingerprint density at radius 1 is 1.32 bits per heavy atom. The summed E-state index contributed by atoms with van der Waals surface area (Å²) in [7, 11) is 0. The Balaban J connectivity index is 2.47. The molecule has 0 saturated carbocycles. The van der Waals surface area contributed by atoms with Crippen LogP contribution >= 0.6 is 0 Å². The van der Waals surface area contributed by atoms with E-state index in [4.69, 9.17) is 4.74 Å². The van der Waals surface area contributed by atoms with Crippen molar-refractivity contribution >= 4 is 5.78 Å². The number of carbonyl (C=O) groups is 1. The highest BCUT2D eigenvalue weighted by Crippen LogP contribution is 2.16. The lowest BCUT2D eigenvalue weighted by Gasteiger charge is -2.10. The zero-order valence-electron chi connectivity index (χ0n) is 11.1. The molecule has 0 atom stereocenters. The number of Topliss-reactive ketones (excluding diaryl/α,β-unsaturated/α-hetero) is 1. The summed E-state index contributed by atoms with van der Waals surface area (Å²) in [6.07, 6.45) is -2.39. The highest BCUT2D eigenvalue weighted by Gasteiger charge is 2.09. The first-order valence-corrected chi connectivity index (χ1v) is 6.15. The third-order valence-corrected chi connectivity index (χ3v) is 2.25. The fourth-order valence-electron chi connectivity index (χ4n) is 1.50. The highest BCUT2D eigenvalue weighted by molar-refractivity contribution is 5.96. The van der Waals surface area contributed by atoms with E-state index in [1.807, 2.05) is 13.8 Å². The van der Waals surface area contributed by atoms with Crippen molar-refractivity contribution in [1.29, 1.82) is 0 Å². The van der Waals surface area contributed by atoms with Gasteiger partial charge in [0.25, 0.3) is 6.43 Å². The van der Waals surface area contributed by atoms with E-state index in [1.54, 1.807) is 24.3 Å². The largest absolute Gasteiger partial charge is 0.491 e. The fraction of sp³-hybridized carbons (Fsp3) is 0.500. The molecule has 0 N–H and O–H groups in total. The van der Waals surface area contributed by atoms with Gasteiger partial charge in [-0.1, -0.05) is 12.1 Å². The van der Waals surface area contributed by atoms with Gasteiger partial charge in [-0.05, 0) is 26.0 Å². The van der Waals surface area contributed by atoms with Crippen LogP contribution < -0.4 is 4.74 Å². The second-order valence-corrected chi connectivity index (χ2v) is 4.33. The lowest BCUT2D eigenvalue weighted by molar-refractivity contribution is 0.0170. The zero-order chi connectivity index (χ0) is 14.3. The number of rotatable bonds is 8. The Hall–Kier alpha value is -1.49. The number of benzene rings is 1. The quantitative estimate of drug-likeness (QED) is 0.538. The van der Waals surface area contributed by atoms with Crippen molar-refractivity contribution in [2.75, 3.05) is 13.2 Å². The molecule has 0 heterocycles. The van der Waals surface area contributed by atoms with Gasteiger partial charge >= 0.3 is 0 Å². The maximum absolute atomic E-state index is 11.8. The van der Waals surface area contributed by atoms with Gasteiger partial charge in [0.2, 0.25) is 0 Å². The molecule has 0 saturated heterocycles. The highest BCUT2D eigenvalue weighted by atomic mass is 19.3. The molecule has 0 aliphatic rings. The van der Waals surface area contributed by atoms with Crippen molar-refractivity contribution in [2.24, 2.45) is 0 Å². The van der Waals surface area contributed by atoms with E-state index in [0.29, 0.717) is 11.3 Å². The van der Waals surface area contributed by atoms with Gasteiger partial charge in [-0.2, -0.15) is 0 Å². The first kappa shape index (κ1) is 15.6. The summed E-state index contributed by atoms with van der Waals surface area (Å²) in [6, 6.07) is 6.81. The molecule has 5 heteroatoms. The number of ether oxygens (including phenoxy) is 2. The first-order valence-electron chi connectivity index (χ1n) is 6.15. The predicted molar refractivity (Wildman–Crippen MR) is 68.0 cm³/mol. The molecule has 19 heavy (non-hydrogen) atoms. The van der Waals surface area contributed by atoms with Crippen molar-refractivity contribution in [1.82, 2.24) is 0 Å². The molecule has 0 aliphatic heterocycles. The SMILES string of the molecule is CC(C)Oc1cccc(C(=O)CCOCC(F)F)c1. The molecule has 0 fully saturated rings. The second kappa shape index (κ2) is 7.84. The molecule has 0 amide bonds. The number of alkyl halides is 2. The third kappa shape index (κ3) is 6.29. The molecule has 0 aliphatic carbocycles. The number of ketones is 1. The van der Waals surface area contributed by atoms with E-state index in [2.05, 4.69) is 4.74 Å². The van der Waals surface area contributed by atoms with E-state index >= 15 is 0 Å². The van der Waals surface area contributed by atoms with Crippen LogP contribution in [0.25, 0.3) is 0 Å². The van der Waals surface area contributed by atoms with Gasteiger partial charge in [0.05, 0.1) is 12.7 Å². The lowest BCUT2D eigenvalue weighted by Crippen LogP contribution is -2.10. The van der Waals surface area contributed by atoms with Gasteiger partial charge < -0.3 is 9.47 Å². The molecule has 0 spiro atoms. The summed E-state index contributed by atoms with van der Waals surface area (Å²) >= 11 is 0. The number of hydrogen-bond acceptors (Lipinski definition) is 3. The minimum absolute atomic E-state index is 0.00155. The van der Waals surface area contributed by atoms with E-state index in [-0.39, 0.29) is 24.9 Å². The monoisotopic (exact) mass is 272 g/mol. The molecular weight excluding hydrogens is 254 g/mol. The van der Waals surface area contributed by atoms with E-state index in [0.717, 1.165) is 0 Å². The Kier molecular flexibility index (Phi) is 6.42. The maximum Gasteiger partial charge on any atom is 0.261 e. The van der Waals surface area contributed by atoms with Gasteiger partial charge in [-0.15, -0.1) is 0 Å². The van der Waals surface area contributed by atoms with Crippen LogP contribution in [-0.4, -0.2) is 31.5 Å². The standard InChI is InChI=1S/C14H18F2O3/c1-10(2)19-12-5-3-4-11(8-12)13(17)6-7-18-9-14(15)16/h3-5,8,10,14H,6-7,9H2,1-2H3. The molecule has 0 unspecified atom stereocenters. The van der Waals surface area contributed by atoms with Crippen molar-refractivity contribution < 1.29 is 23.0 Å². The van der Waals surface area contributed by atoms with Gasteiger partial charge in [0.1, 0.15) is 12.4 Å². The summed E-state index contributed by atoms with van der Waals surface area (Å²) in [4.78, 5) is 11.8. The molecule has 0 bridgehead atoms. The summed E-state index contributed by atoms with van der Waals surface area (Å²) in [5.41, 5.74) is 0.499. The molecule has 1 aromatic carbocycles. The van der Waals surface area contributed by atoms with Crippen molar-refractivity contribution in [3.63, 3.8) is 0 Å². The number of hydrogen-bond donors (Lipinski definition) is 0. The summed E-state index contributed by atoms with van der Waals surface area (Å²) < 4.78 is 33.8. The van der Waals surface area contributed by atoms with Crippen molar-refractivity contribution in [3.8, 4) is 5.75 Å². The molecule has 0 aromatic heterocycles. The normalized spacial score (nSPS) is 11.1. The molecule has 0 radical (unpaired) electrons. The first-order chi connectivity index (χ1) is 8.99. The average Bonchev–Trinajstić information content (AvgIpc) is 2.33. The smallest absolute Gasteiger partial charge is 0.261 e. The van der Waals surface area contributed by atoms with E-state index in [1.165, 1.54) is 0 Å². The third-order valence-electron chi connectivity index (χ3n) is 2.25. The molecule has 1 aromatic rings. The van der Waals surface area contributed by atoms with Gasteiger partial charge in [0, 0.05) is 12.0 Å². The Labute approximate surface area is 111 Å². The van der Waals surface area contributed by atoms with Crippen LogP contribution in [0.1, 0.15) is 30.6 Å². The Morgan fingerprint density at radius 3 is 2.68 bits per heavy atom. The minimum Gasteiger partial charge on any atom is -0.491 e. The van der Waals surface area contributed by atoms with Crippen molar-refractivity contribution in [2.45, 2.75) is 32.8 Å². The fourth-order valence-corrected chi connectivity index (χ4v) is 1.50. The van der Waals surface area contributed by atoms with Gasteiger partial charge in [0.15, 0.2) is 5.78 Å². The predicted octanol–water partition coefficient (Wildman–Crippen LogP) is 3.33. The van der Waals surface area contributed by atoms with Crippen LogP contribution in [0.2, 0.25) is 0 Å². The zero-order valence-corrected chi connectivity index (χ0v) is 11.1. The maximum atomic E-state index is 11.8. The Bertz CT molecular complexity index is 405.